The zero-order chi connectivity index (χ0) is 19.1. The van der Waals surface area contributed by atoms with Crippen LogP contribution in [-0.4, -0.2) is 48.6 Å². The maximum Gasteiger partial charge on any atom is 0.319 e. The molecule has 142 valence electrons. The molecule has 1 saturated heterocycles. The summed E-state index contributed by atoms with van der Waals surface area (Å²) in [4.78, 5) is 30.3. The normalized spacial score (nSPS) is 14.5. The van der Waals surface area contributed by atoms with Crippen LogP contribution in [0.5, 0.6) is 5.75 Å². The second-order valence-corrected chi connectivity index (χ2v) is 6.54. The fourth-order valence-electron chi connectivity index (χ4n) is 3.10. The lowest BCUT2D eigenvalue weighted by molar-refractivity contribution is 0.0690. The number of pyridine rings is 1. The number of methoxy groups -OCH3 is 1. The summed E-state index contributed by atoms with van der Waals surface area (Å²) in [6, 6.07) is 10.5. The Morgan fingerprint density at radius 3 is 2.56 bits per heavy atom. The van der Waals surface area contributed by atoms with Crippen molar-refractivity contribution in [2.45, 2.75) is 12.8 Å². The van der Waals surface area contributed by atoms with Gasteiger partial charge in [0, 0.05) is 37.7 Å². The number of urea groups is 1. The minimum Gasteiger partial charge on any atom is -0.497 e. The summed E-state index contributed by atoms with van der Waals surface area (Å²) in [5.74, 6) is 1.13. The van der Waals surface area contributed by atoms with Gasteiger partial charge in [0.05, 0.1) is 12.7 Å². The van der Waals surface area contributed by atoms with E-state index < -0.39 is 0 Å². The minimum absolute atomic E-state index is 0.0201. The minimum atomic E-state index is -0.228. The van der Waals surface area contributed by atoms with Crippen molar-refractivity contribution in [1.29, 1.82) is 0 Å². The molecule has 1 aliphatic heterocycles. The molecule has 2 aromatic rings. The molecular formula is C20H24N4O3. The Morgan fingerprint density at radius 2 is 1.93 bits per heavy atom. The first-order chi connectivity index (χ1) is 13.2. The molecule has 0 unspecified atom stereocenters. The third-order valence-corrected chi connectivity index (χ3v) is 4.71. The monoisotopic (exact) mass is 368 g/mol. The summed E-state index contributed by atoms with van der Waals surface area (Å²) >= 11 is 0. The molecule has 0 bridgehead atoms. The molecule has 0 radical (unpaired) electrons. The van der Waals surface area contributed by atoms with Crippen molar-refractivity contribution in [2.24, 2.45) is 5.92 Å². The summed E-state index contributed by atoms with van der Waals surface area (Å²) in [7, 11) is 1.60. The molecule has 7 nitrogen and oxygen atoms in total. The van der Waals surface area contributed by atoms with E-state index in [1.54, 1.807) is 55.9 Å². The lowest BCUT2D eigenvalue weighted by atomic mass is 9.96. The number of hydrogen-bond acceptors (Lipinski definition) is 4. The Kier molecular flexibility index (Phi) is 6.25. The molecule has 1 fully saturated rings. The van der Waals surface area contributed by atoms with E-state index in [0.717, 1.165) is 18.6 Å². The summed E-state index contributed by atoms with van der Waals surface area (Å²) < 4.78 is 5.09. The van der Waals surface area contributed by atoms with Gasteiger partial charge in [-0.2, -0.15) is 0 Å². The number of nitrogens with one attached hydrogen (secondary N) is 2. The molecule has 7 heteroatoms. The average molecular weight is 368 g/mol. The number of amides is 3. The van der Waals surface area contributed by atoms with Gasteiger partial charge in [-0.15, -0.1) is 0 Å². The van der Waals surface area contributed by atoms with Gasteiger partial charge in [-0.3, -0.25) is 9.78 Å². The summed E-state index contributed by atoms with van der Waals surface area (Å²) in [5.41, 5.74) is 1.33. The van der Waals surface area contributed by atoms with Crippen LogP contribution in [0.15, 0.2) is 48.8 Å². The third kappa shape index (κ3) is 5.20. The van der Waals surface area contributed by atoms with Crippen molar-refractivity contribution >= 4 is 17.6 Å². The van der Waals surface area contributed by atoms with E-state index in [2.05, 4.69) is 15.6 Å². The SMILES string of the molecule is COc1ccc(NC(=O)NCC2CCN(C(=O)c3cccnc3)CC2)cc1. The van der Waals surface area contributed by atoms with Gasteiger partial charge in [0.15, 0.2) is 0 Å². The maximum absolute atomic E-state index is 12.4. The Bertz CT molecular complexity index is 757. The zero-order valence-corrected chi connectivity index (χ0v) is 15.4. The van der Waals surface area contributed by atoms with Crippen LogP contribution < -0.4 is 15.4 Å². The summed E-state index contributed by atoms with van der Waals surface area (Å²) in [5, 5.41) is 5.71. The molecule has 2 N–H and O–H groups in total. The van der Waals surface area contributed by atoms with Crippen LogP contribution in [0.3, 0.4) is 0 Å². The van der Waals surface area contributed by atoms with Crippen molar-refractivity contribution < 1.29 is 14.3 Å². The number of ether oxygens (including phenoxy) is 1. The van der Waals surface area contributed by atoms with Crippen LogP contribution in [0.2, 0.25) is 0 Å². The second kappa shape index (κ2) is 9.02. The molecule has 27 heavy (non-hydrogen) atoms. The summed E-state index contributed by atoms with van der Waals surface area (Å²) in [6.45, 7) is 1.98. The third-order valence-electron chi connectivity index (χ3n) is 4.71. The largest absolute Gasteiger partial charge is 0.497 e. The first-order valence-electron chi connectivity index (χ1n) is 9.04. The molecule has 1 aromatic heterocycles. The van der Waals surface area contributed by atoms with Gasteiger partial charge < -0.3 is 20.3 Å². The Labute approximate surface area is 158 Å². The number of piperidine rings is 1. The number of aromatic nitrogens is 1. The highest BCUT2D eigenvalue weighted by Crippen LogP contribution is 2.19. The lowest BCUT2D eigenvalue weighted by Gasteiger charge is -2.32. The van der Waals surface area contributed by atoms with E-state index >= 15 is 0 Å². The molecule has 1 aliphatic rings. The van der Waals surface area contributed by atoms with Crippen LogP contribution >= 0.6 is 0 Å². The maximum atomic E-state index is 12.4. The van der Waals surface area contributed by atoms with Gasteiger partial charge in [-0.1, -0.05) is 0 Å². The number of nitrogens with zero attached hydrogens (tertiary/aromatic N) is 2. The number of likely N-dealkylation sites (tertiary alicyclic amines) is 1. The van der Waals surface area contributed by atoms with Crippen LogP contribution in [0.1, 0.15) is 23.2 Å². The van der Waals surface area contributed by atoms with E-state index in [4.69, 9.17) is 4.74 Å². The predicted octanol–water partition coefficient (Wildman–Crippen LogP) is 2.76. The molecular weight excluding hydrogens is 344 g/mol. The second-order valence-electron chi connectivity index (χ2n) is 6.54. The highest BCUT2D eigenvalue weighted by molar-refractivity contribution is 5.94. The van der Waals surface area contributed by atoms with Gasteiger partial charge >= 0.3 is 6.03 Å². The molecule has 1 aromatic carbocycles. The molecule has 2 heterocycles. The van der Waals surface area contributed by atoms with Crippen molar-refractivity contribution in [2.75, 3.05) is 32.1 Å². The van der Waals surface area contributed by atoms with Crippen LogP contribution in [0, 0.1) is 5.92 Å². The Hall–Kier alpha value is -3.09. The van der Waals surface area contributed by atoms with Crippen LogP contribution in [-0.2, 0) is 0 Å². The molecule has 3 amide bonds. The first-order valence-corrected chi connectivity index (χ1v) is 9.04. The van der Waals surface area contributed by atoms with Crippen molar-refractivity contribution in [3.63, 3.8) is 0 Å². The zero-order valence-electron chi connectivity index (χ0n) is 15.4. The van der Waals surface area contributed by atoms with Crippen LogP contribution in [0.4, 0.5) is 10.5 Å². The fourth-order valence-corrected chi connectivity index (χ4v) is 3.10. The number of hydrogen-bond donors (Lipinski definition) is 2. The highest BCUT2D eigenvalue weighted by Gasteiger charge is 2.24. The smallest absolute Gasteiger partial charge is 0.319 e. The topological polar surface area (TPSA) is 83.6 Å². The number of benzene rings is 1. The quantitative estimate of drug-likeness (QED) is 0.850. The van der Waals surface area contributed by atoms with E-state index in [1.807, 2.05) is 4.90 Å². The van der Waals surface area contributed by atoms with Crippen molar-refractivity contribution in [1.82, 2.24) is 15.2 Å². The molecule has 0 aliphatic carbocycles. The van der Waals surface area contributed by atoms with Crippen LogP contribution in [0.25, 0.3) is 0 Å². The lowest BCUT2D eigenvalue weighted by Crippen LogP contribution is -2.42. The molecule has 0 saturated carbocycles. The van der Waals surface area contributed by atoms with Gasteiger partial charge in [0.25, 0.3) is 5.91 Å². The first kappa shape index (κ1) is 18.7. The molecule has 0 atom stereocenters. The van der Waals surface area contributed by atoms with E-state index in [0.29, 0.717) is 36.8 Å². The van der Waals surface area contributed by atoms with Crippen molar-refractivity contribution in [3.8, 4) is 5.75 Å². The number of anilines is 1. The average Bonchev–Trinajstić information content (AvgIpc) is 2.73. The van der Waals surface area contributed by atoms with E-state index in [1.165, 1.54) is 0 Å². The van der Waals surface area contributed by atoms with Gasteiger partial charge in [-0.25, -0.2) is 4.79 Å². The highest BCUT2D eigenvalue weighted by atomic mass is 16.5. The molecule has 0 spiro atoms. The fraction of sp³-hybridized carbons (Fsp3) is 0.350. The number of rotatable bonds is 5. The van der Waals surface area contributed by atoms with Gasteiger partial charge in [0.1, 0.15) is 5.75 Å². The Balaban J connectivity index is 1.40. The standard InChI is InChI=1S/C20H24N4O3/c1-27-18-6-4-17(5-7-18)23-20(26)22-13-15-8-11-24(12-9-15)19(25)16-3-2-10-21-14-16/h2-7,10,14-15H,8-9,11-13H2,1H3,(H2,22,23,26). The van der Waals surface area contributed by atoms with Crippen molar-refractivity contribution in [3.05, 3.63) is 54.4 Å². The van der Waals surface area contributed by atoms with Gasteiger partial charge in [-0.05, 0) is 55.2 Å². The van der Waals surface area contributed by atoms with E-state index in [-0.39, 0.29) is 11.9 Å². The molecule has 3 rings (SSSR count). The van der Waals surface area contributed by atoms with Gasteiger partial charge in [0.2, 0.25) is 0 Å². The Morgan fingerprint density at radius 1 is 1.19 bits per heavy atom. The number of carbonyl (C=O) groups excluding carboxylic acids is 2. The predicted molar refractivity (Wildman–Crippen MR) is 103 cm³/mol. The van der Waals surface area contributed by atoms with E-state index in [9.17, 15) is 9.59 Å². The summed E-state index contributed by atoms with van der Waals surface area (Å²) in [6.07, 6.45) is 4.99. The number of carbonyl (C=O) groups is 2.